The quantitative estimate of drug-likeness (QED) is 0.851. The van der Waals surface area contributed by atoms with Crippen LogP contribution in [0, 0.1) is 5.92 Å². The third-order valence-corrected chi connectivity index (χ3v) is 5.97. The van der Waals surface area contributed by atoms with E-state index in [1.54, 1.807) is 12.3 Å². The molecule has 2 bridgehead atoms. The van der Waals surface area contributed by atoms with Gasteiger partial charge in [0.05, 0.1) is 24.2 Å². The van der Waals surface area contributed by atoms with Crippen LogP contribution in [0.1, 0.15) is 30.7 Å². The smallest absolute Gasteiger partial charge is 0.139 e. The zero-order valence-corrected chi connectivity index (χ0v) is 14.2. The highest BCUT2D eigenvalue weighted by Gasteiger charge is 2.42. The van der Waals surface area contributed by atoms with E-state index in [4.69, 9.17) is 32.4 Å². The van der Waals surface area contributed by atoms with Gasteiger partial charge in [0.25, 0.3) is 0 Å². The number of hydrogen-bond donors (Lipinski definition) is 1. The number of halogens is 2. The molecule has 0 saturated carbocycles. The van der Waals surface area contributed by atoms with Crippen LogP contribution < -0.4 is 10.1 Å². The Morgan fingerprint density at radius 1 is 1.22 bits per heavy atom. The molecule has 2 aliphatic rings. The summed E-state index contributed by atoms with van der Waals surface area (Å²) in [6.07, 6.45) is 7.21. The van der Waals surface area contributed by atoms with Crippen molar-refractivity contribution in [1.82, 2.24) is 5.32 Å². The lowest BCUT2D eigenvalue weighted by molar-refractivity contribution is 0.159. The predicted molar refractivity (Wildman–Crippen MR) is 91.5 cm³/mol. The molecule has 4 atom stereocenters. The summed E-state index contributed by atoms with van der Waals surface area (Å²) < 4.78 is 11.4. The second kappa shape index (κ2) is 6.39. The van der Waals surface area contributed by atoms with Crippen LogP contribution in [0.5, 0.6) is 5.75 Å². The monoisotopic (exact) mass is 351 g/mol. The van der Waals surface area contributed by atoms with E-state index in [9.17, 15) is 0 Å². The lowest BCUT2D eigenvalue weighted by Gasteiger charge is -2.37. The standard InChI is InChI=1S/C18H19Cl2NO2/c19-15-2-1-3-17(18(15)20)23-10-14-13(11-6-7-22-9-11)8-12-4-5-16(14)21-12/h1-3,6-7,9,12-14,16,21H,4-5,8,10H2. The van der Waals surface area contributed by atoms with Crippen LogP contribution >= 0.6 is 23.2 Å². The Labute approximate surface area is 145 Å². The summed E-state index contributed by atoms with van der Waals surface area (Å²) >= 11 is 12.3. The van der Waals surface area contributed by atoms with Crippen molar-refractivity contribution in [2.45, 2.75) is 37.3 Å². The topological polar surface area (TPSA) is 34.4 Å². The van der Waals surface area contributed by atoms with E-state index in [0.29, 0.717) is 46.3 Å². The summed E-state index contributed by atoms with van der Waals surface area (Å²) in [7, 11) is 0. The van der Waals surface area contributed by atoms with Gasteiger partial charge < -0.3 is 14.5 Å². The van der Waals surface area contributed by atoms with Crippen LogP contribution in [-0.2, 0) is 0 Å². The molecule has 4 unspecified atom stereocenters. The summed E-state index contributed by atoms with van der Waals surface area (Å²) in [6, 6.07) is 8.69. The van der Waals surface area contributed by atoms with Gasteiger partial charge in [-0.2, -0.15) is 0 Å². The van der Waals surface area contributed by atoms with Crippen LogP contribution in [0.15, 0.2) is 41.2 Å². The normalized spacial score (nSPS) is 29.7. The molecule has 2 aliphatic heterocycles. The third-order valence-electron chi connectivity index (χ3n) is 5.17. The zero-order chi connectivity index (χ0) is 15.8. The number of nitrogens with one attached hydrogen (secondary N) is 1. The van der Waals surface area contributed by atoms with E-state index in [1.807, 2.05) is 18.4 Å². The second-order valence-electron chi connectivity index (χ2n) is 6.47. The minimum atomic E-state index is 0.404. The van der Waals surface area contributed by atoms with Crippen molar-refractivity contribution in [2.24, 2.45) is 5.92 Å². The molecular formula is C18H19Cl2NO2. The van der Waals surface area contributed by atoms with E-state index >= 15 is 0 Å². The number of benzene rings is 1. The molecule has 2 saturated heterocycles. The van der Waals surface area contributed by atoms with Gasteiger partial charge in [0, 0.05) is 18.0 Å². The largest absolute Gasteiger partial charge is 0.492 e. The van der Waals surface area contributed by atoms with E-state index in [1.165, 1.54) is 18.4 Å². The van der Waals surface area contributed by atoms with Gasteiger partial charge in [0.15, 0.2) is 0 Å². The van der Waals surface area contributed by atoms with Gasteiger partial charge in [-0.3, -0.25) is 0 Å². The number of rotatable bonds is 4. The van der Waals surface area contributed by atoms with Crippen LogP contribution in [0.3, 0.4) is 0 Å². The molecule has 5 heteroatoms. The van der Waals surface area contributed by atoms with Crippen molar-refractivity contribution in [3.05, 3.63) is 52.4 Å². The second-order valence-corrected chi connectivity index (χ2v) is 7.26. The van der Waals surface area contributed by atoms with Gasteiger partial charge in [0.1, 0.15) is 10.8 Å². The number of fused-ring (bicyclic) bond motifs is 2. The molecule has 4 rings (SSSR count). The first-order valence-electron chi connectivity index (χ1n) is 8.07. The molecule has 3 nitrogen and oxygen atoms in total. The maximum atomic E-state index is 6.24. The van der Waals surface area contributed by atoms with Gasteiger partial charge in [-0.15, -0.1) is 0 Å². The van der Waals surface area contributed by atoms with Crippen LogP contribution in [-0.4, -0.2) is 18.7 Å². The molecule has 1 N–H and O–H groups in total. The fourth-order valence-corrected chi connectivity index (χ4v) is 4.36. The Hall–Kier alpha value is -1.16. The summed E-state index contributed by atoms with van der Waals surface area (Å²) in [5.74, 6) is 1.53. The van der Waals surface area contributed by atoms with Crippen molar-refractivity contribution in [3.63, 3.8) is 0 Å². The highest BCUT2D eigenvalue weighted by Crippen LogP contribution is 2.42. The maximum Gasteiger partial charge on any atom is 0.139 e. The molecular weight excluding hydrogens is 333 g/mol. The molecule has 23 heavy (non-hydrogen) atoms. The summed E-state index contributed by atoms with van der Waals surface area (Å²) in [5.41, 5.74) is 1.27. The van der Waals surface area contributed by atoms with Gasteiger partial charge in [0.2, 0.25) is 0 Å². The minimum Gasteiger partial charge on any atom is -0.492 e. The van der Waals surface area contributed by atoms with Gasteiger partial charge >= 0.3 is 0 Å². The van der Waals surface area contributed by atoms with Crippen LogP contribution in [0.25, 0.3) is 0 Å². The molecule has 1 aromatic heterocycles. The molecule has 0 amide bonds. The molecule has 0 spiro atoms. The highest BCUT2D eigenvalue weighted by atomic mass is 35.5. The van der Waals surface area contributed by atoms with Crippen LogP contribution in [0.2, 0.25) is 10.0 Å². The van der Waals surface area contributed by atoms with Crippen molar-refractivity contribution in [1.29, 1.82) is 0 Å². The molecule has 2 aromatic rings. The first kappa shape index (κ1) is 15.4. The molecule has 2 fully saturated rings. The van der Waals surface area contributed by atoms with Gasteiger partial charge in [-0.1, -0.05) is 29.3 Å². The average Bonchev–Trinajstić information content (AvgIpc) is 3.20. The Bertz CT molecular complexity index is 674. The number of ether oxygens (including phenoxy) is 1. The highest BCUT2D eigenvalue weighted by molar-refractivity contribution is 6.42. The summed E-state index contributed by atoms with van der Waals surface area (Å²) in [4.78, 5) is 0. The minimum absolute atomic E-state index is 0.404. The Kier molecular flexibility index (Phi) is 4.27. The molecule has 1 aromatic carbocycles. The molecule has 3 heterocycles. The third kappa shape index (κ3) is 2.98. The van der Waals surface area contributed by atoms with E-state index in [-0.39, 0.29) is 0 Å². The van der Waals surface area contributed by atoms with E-state index < -0.39 is 0 Å². The van der Waals surface area contributed by atoms with Gasteiger partial charge in [-0.05, 0) is 48.9 Å². The number of hydrogen-bond acceptors (Lipinski definition) is 3. The van der Waals surface area contributed by atoms with Crippen molar-refractivity contribution < 1.29 is 9.15 Å². The predicted octanol–water partition coefficient (Wildman–Crippen LogP) is 4.89. The Morgan fingerprint density at radius 2 is 2.13 bits per heavy atom. The molecule has 0 aliphatic carbocycles. The van der Waals surface area contributed by atoms with E-state index in [2.05, 4.69) is 11.4 Å². The SMILES string of the molecule is Clc1cccc(OCC2C3CCC(CC2c2ccoc2)N3)c1Cl. The Morgan fingerprint density at radius 3 is 2.96 bits per heavy atom. The first-order valence-corrected chi connectivity index (χ1v) is 8.83. The van der Waals surface area contributed by atoms with Crippen molar-refractivity contribution in [2.75, 3.05) is 6.61 Å². The summed E-state index contributed by atoms with van der Waals surface area (Å²) in [6.45, 7) is 0.625. The lowest BCUT2D eigenvalue weighted by Crippen LogP contribution is -2.46. The summed E-state index contributed by atoms with van der Waals surface area (Å²) in [5, 5.41) is 4.74. The maximum absolute atomic E-state index is 6.24. The number of furan rings is 1. The molecule has 0 radical (unpaired) electrons. The van der Waals surface area contributed by atoms with E-state index in [0.717, 1.165) is 6.42 Å². The van der Waals surface area contributed by atoms with Crippen molar-refractivity contribution in [3.8, 4) is 5.75 Å². The van der Waals surface area contributed by atoms with Crippen molar-refractivity contribution >= 4 is 23.2 Å². The fourth-order valence-electron chi connectivity index (χ4n) is 4.02. The molecule has 122 valence electrons. The Balaban J connectivity index is 1.54. The van der Waals surface area contributed by atoms with Crippen LogP contribution in [0.4, 0.5) is 0 Å². The first-order chi connectivity index (χ1) is 11.2. The number of piperidine rings is 1. The fraction of sp³-hybridized carbons (Fsp3) is 0.444. The average molecular weight is 352 g/mol. The van der Waals surface area contributed by atoms with Gasteiger partial charge in [-0.25, -0.2) is 0 Å². The lowest BCUT2D eigenvalue weighted by atomic mass is 9.78. The zero-order valence-electron chi connectivity index (χ0n) is 12.7.